The molecule has 0 saturated heterocycles. The maximum atomic E-state index is 8.23. The molecule has 0 aliphatic rings. The Bertz CT molecular complexity index is 284. The van der Waals surface area contributed by atoms with E-state index in [4.69, 9.17) is 16.7 Å². The Morgan fingerprint density at radius 1 is 1.55 bits per heavy atom. The van der Waals surface area contributed by atoms with E-state index in [9.17, 15) is 0 Å². The SMILES string of the molecule is N/C(=N\O)c1cncc(N)n1. The number of aromatic nitrogens is 2. The highest BCUT2D eigenvalue weighted by Crippen LogP contribution is 1.95. The third-order valence-corrected chi connectivity index (χ3v) is 1.02. The van der Waals surface area contributed by atoms with Crippen molar-refractivity contribution in [3.05, 3.63) is 18.1 Å². The number of nitrogen functional groups attached to an aromatic ring is 1. The number of nitrogens with zero attached hydrogens (tertiary/aromatic N) is 3. The quantitative estimate of drug-likeness (QED) is 0.211. The molecule has 0 spiro atoms. The van der Waals surface area contributed by atoms with Crippen molar-refractivity contribution in [1.82, 2.24) is 9.97 Å². The van der Waals surface area contributed by atoms with Crippen LogP contribution in [0.1, 0.15) is 5.69 Å². The summed E-state index contributed by atoms with van der Waals surface area (Å²) in [5, 5.41) is 11.0. The normalized spacial score (nSPS) is 11.5. The van der Waals surface area contributed by atoms with Gasteiger partial charge in [0, 0.05) is 0 Å². The van der Waals surface area contributed by atoms with Crippen LogP contribution in [0.5, 0.6) is 0 Å². The minimum Gasteiger partial charge on any atom is -0.409 e. The molecule has 0 fully saturated rings. The minimum atomic E-state index is -0.107. The van der Waals surface area contributed by atoms with Crippen molar-refractivity contribution in [2.24, 2.45) is 10.9 Å². The Morgan fingerprint density at radius 2 is 2.27 bits per heavy atom. The van der Waals surface area contributed by atoms with Crippen LogP contribution in [-0.4, -0.2) is 21.0 Å². The van der Waals surface area contributed by atoms with E-state index in [1.54, 1.807) is 0 Å². The Labute approximate surface area is 62.6 Å². The fourth-order valence-electron chi connectivity index (χ4n) is 0.556. The van der Waals surface area contributed by atoms with Gasteiger partial charge in [-0.25, -0.2) is 4.98 Å². The van der Waals surface area contributed by atoms with Gasteiger partial charge in [0.15, 0.2) is 5.84 Å². The van der Waals surface area contributed by atoms with E-state index in [1.165, 1.54) is 12.4 Å². The van der Waals surface area contributed by atoms with Gasteiger partial charge >= 0.3 is 0 Å². The van der Waals surface area contributed by atoms with Crippen molar-refractivity contribution < 1.29 is 5.21 Å². The van der Waals surface area contributed by atoms with Crippen LogP contribution < -0.4 is 11.5 Å². The molecule has 1 aromatic rings. The summed E-state index contributed by atoms with van der Waals surface area (Å²) in [6.07, 6.45) is 2.72. The van der Waals surface area contributed by atoms with Gasteiger partial charge in [0.25, 0.3) is 0 Å². The van der Waals surface area contributed by atoms with Crippen LogP contribution >= 0.6 is 0 Å². The van der Waals surface area contributed by atoms with Gasteiger partial charge in [-0.1, -0.05) is 5.16 Å². The highest BCUT2D eigenvalue weighted by Gasteiger charge is 1.99. The predicted molar refractivity (Wildman–Crippen MR) is 39.0 cm³/mol. The average Bonchev–Trinajstić information content (AvgIpc) is 2.03. The Balaban J connectivity index is 3.06. The first-order chi connectivity index (χ1) is 5.24. The molecule has 0 unspecified atom stereocenters. The molecule has 0 aliphatic heterocycles. The molecule has 1 aromatic heterocycles. The van der Waals surface area contributed by atoms with Crippen LogP contribution in [0.15, 0.2) is 17.5 Å². The predicted octanol–water partition coefficient (Wildman–Crippen LogP) is -0.847. The zero-order valence-electron chi connectivity index (χ0n) is 5.60. The van der Waals surface area contributed by atoms with Gasteiger partial charge in [-0.05, 0) is 0 Å². The fraction of sp³-hybridized carbons (Fsp3) is 0. The zero-order valence-corrected chi connectivity index (χ0v) is 5.60. The molecular formula is C5H7N5O. The first kappa shape index (κ1) is 7.26. The fourth-order valence-corrected chi connectivity index (χ4v) is 0.556. The zero-order chi connectivity index (χ0) is 8.27. The summed E-state index contributed by atoms with van der Waals surface area (Å²) in [6, 6.07) is 0. The molecule has 0 amide bonds. The van der Waals surface area contributed by atoms with Crippen molar-refractivity contribution in [1.29, 1.82) is 0 Å². The third kappa shape index (κ3) is 1.54. The Morgan fingerprint density at radius 3 is 2.82 bits per heavy atom. The lowest BCUT2D eigenvalue weighted by Gasteiger charge is -1.96. The number of hydrogen-bond donors (Lipinski definition) is 3. The molecule has 6 nitrogen and oxygen atoms in total. The number of amidine groups is 1. The lowest BCUT2D eigenvalue weighted by atomic mass is 10.4. The van der Waals surface area contributed by atoms with E-state index in [-0.39, 0.29) is 17.3 Å². The highest BCUT2D eigenvalue weighted by molar-refractivity contribution is 5.95. The molecule has 0 saturated carbocycles. The van der Waals surface area contributed by atoms with Gasteiger partial charge < -0.3 is 16.7 Å². The second kappa shape index (κ2) is 2.82. The number of anilines is 1. The van der Waals surface area contributed by atoms with Crippen LogP contribution in [0.4, 0.5) is 5.82 Å². The summed E-state index contributed by atoms with van der Waals surface area (Å²) in [5.74, 6) is 0.124. The number of oxime groups is 1. The Kier molecular flexibility index (Phi) is 1.86. The molecule has 11 heavy (non-hydrogen) atoms. The molecule has 0 radical (unpaired) electrons. The van der Waals surface area contributed by atoms with Gasteiger partial charge in [0.2, 0.25) is 0 Å². The summed E-state index contributed by atoms with van der Waals surface area (Å²) in [6.45, 7) is 0. The van der Waals surface area contributed by atoms with Crippen LogP contribution in [0.2, 0.25) is 0 Å². The number of hydrogen-bond acceptors (Lipinski definition) is 5. The largest absolute Gasteiger partial charge is 0.409 e. The second-order valence-electron chi connectivity index (χ2n) is 1.81. The monoisotopic (exact) mass is 153 g/mol. The van der Waals surface area contributed by atoms with Gasteiger partial charge in [-0.2, -0.15) is 0 Å². The van der Waals surface area contributed by atoms with Gasteiger partial charge in [0.1, 0.15) is 11.5 Å². The summed E-state index contributed by atoms with van der Waals surface area (Å²) in [7, 11) is 0. The van der Waals surface area contributed by atoms with Gasteiger partial charge in [-0.15, -0.1) is 0 Å². The molecular weight excluding hydrogens is 146 g/mol. The highest BCUT2D eigenvalue weighted by atomic mass is 16.4. The lowest BCUT2D eigenvalue weighted by molar-refractivity contribution is 0.318. The average molecular weight is 153 g/mol. The molecule has 0 bridgehead atoms. The molecule has 1 heterocycles. The summed E-state index contributed by atoms with van der Waals surface area (Å²) >= 11 is 0. The van der Waals surface area contributed by atoms with Gasteiger partial charge in [0.05, 0.1) is 12.4 Å². The lowest BCUT2D eigenvalue weighted by Crippen LogP contribution is -2.15. The third-order valence-electron chi connectivity index (χ3n) is 1.02. The van der Waals surface area contributed by atoms with E-state index in [1.807, 2.05) is 0 Å². The summed E-state index contributed by atoms with van der Waals surface area (Å²) in [5.41, 5.74) is 10.7. The maximum absolute atomic E-state index is 8.23. The van der Waals surface area contributed by atoms with Crippen LogP contribution in [0.3, 0.4) is 0 Å². The van der Waals surface area contributed by atoms with Crippen LogP contribution in [0.25, 0.3) is 0 Å². The first-order valence-electron chi connectivity index (χ1n) is 2.79. The Hall–Kier alpha value is -1.85. The molecule has 0 aliphatic carbocycles. The minimum absolute atomic E-state index is 0.107. The second-order valence-corrected chi connectivity index (χ2v) is 1.81. The number of rotatable bonds is 1. The standard InChI is InChI=1S/C5H7N5O/c6-4-2-8-1-3(9-4)5(7)10-11/h1-2,11H,(H2,6,9)(H2,7,10). The maximum Gasteiger partial charge on any atom is 0.190 e. The topological polar surface area (TPSA) is 110 Å². The molecule has 58 valence electrons. The molecule has 6 heteroatoms. The first-order valence-corrected chi connectivity index (χ1v) is 2.79. The van der Waals surface area contributed by atoms with Crippen molar-refractivity contribution in [2.45, 2.75) is 0 Å². The summed E-state index contributed by atoms with van der Waals surface area (Å²) in [4.78, 5) is 7.44. The van der Waals surface area contributed by atoms with E-state index >= 15 is 0 Å². The van der Waals surface area contributed by atoms with Gasteiger partial charge in [-0.3, -0.25) is 4.98 Å². The van der Waals surface area contributed by atoms with Crippen LogP contribution in [0, 0.1) is 0 Å². The number of nitrogens with two attached hydrogens (primary N) is 2. The van der Waals surface area contributed by atoms with E-state index < -0.39 is 0 Å². The smallest absolute Gasteiger partial charge is 0.190 e. The van der Waals surface area contributed by atoms with E-state index in [0.717, 1.165) is 0 Å². The summed E-state index contributed by atoms with van der Waals surface area (Å²) < 4.78 is 0. The van der Waals surface area contributed by atoms with E-state index in [0.29, 0.717) is 0 Å². The van der Waals surface area contributed by atoms with Crippen molar-refractivity contribution in [2.75, 3.05) is 5.73 Å². The molecule has 0 atom stereocenters. The van der Waals surface area contributed by atoms with Crippen molar-refractivity contribution in [3.8, 4) is 0 Å². The molecule has 5 N–H and O–H groups in total. The van der Waals surface area contributed by atoms with Crippen molar-refractivity contribution >= 4 is 11.7 Å². The van der Waals surface area contributed by atoms with Crippen LogP contribution in [-0.2, 0) is 0 Å². The molecule has 0 aromatic carbocycles. The van der Waals surface area contributed by atoms with Crippen molar-refractivity contribution in [3.63, 3.8) is 0 Å². The van der Waals surface area contributed by atoms with E-state index in [2.05, 4.69) is 15.1 Å². The molecule has 1 rings (SSSR count).